The predicted octanol–water partition coefficient (Wildman–Crippen LogP) is 1.88. The van der Waals surface area contributed by atoms with Gasteiger partial charge in [-0.2, -0.15) is 5.10 Å². The zero-order valence-electron chi connectivity index (χ0n) is 15.8. The number of hydrogen-bond donors (Lipinski definition) is 1. The number of carbonyl (C=O) groups excluding carboxylic acids is 1. The van der Waals surface area contributed by atoms with Crippen LogP contribution in [0.2, 0.25) is 0 Å². The van der Waals surface area contributed by atoms with Crippen molar-refractivity contribution in [3.63, 3.8) is 0 Å². The third-order valence-electron chi connectivity index (χ3n) is 3.91. The van der Waals surface area contributed by atoms with Crippen molar-refractivity contribution in [3.05, 3.63) is 46.0 Å². The molecule has 0 spiro atoms. The lowest BCUT2D eigenvalue weighted by Gasteiger charge is -2.09. The van der Waals surface area contributed by atoms with Crippen LogP contribution in [0.15, 0.2) is 45.5 Å². The smallest absolute Gasteiger partial charge is 0.344 e. The van der Waals surface area contributed by atoms with Gasteiger partial charge in [0.25, 0.3) is 5.96 Å². The maximum absolute atomic E-state index is 12.6. The van der Waals surface area contributed by atoms with Crippen LogP contribution < -0.4 is 5.32 Å². The quantitative estimate of drug-likeness (QED) is 0.181. The Morgan fingerprint density at radius 1 is 1.45 bits per heavy atom. The van der Waals surface area contributed by atoms with Gasteiger partial charge in [0.1, 0.15) is 22.0 Å². The van der Waals surface area contributed by atoms with Crippen molar-refractivity contribution in [2.45, 2.75) is 11.9 Å². The molecule has 1 aliphatic rings. The second kappa shape index (κ2) is 9.19. The molecule has 1 saturated heterocycles. The first-order valence-corrected chi connectivity index (χ1v) is 9.94. The van der Waals surface area contributed by atoms with E-state index < -0.39 is 11.0 Å². The molecule has 0 aliphatic carbocycles. The Hall–Kier alpha value is -3.41. The second-order valence-corrected chi connectivity index (χ2v) is 6.50. The Morgan fingerprint density at radius 2 is 2.21 bits per heavy atom. The van der Waals surface area contributed by atoms with E-state index in [9.17, 15) is 14.9 Å². The number of guanidine groups is 1. The summed E-state index contributed by atoms with van der Waals surface area (Å²) in [6, 6.07) is 9.23. The lowest BCUT2D eigenvalue weighted by molar-refractivity contribution is -0.485. The fraction of sp³-hybridized carbons (Fsp3) is 0.294. The molecule has 0 amide bonds. The largest absolute Gasteiger partial charge is 0.462 e. The highest BCUT2D eigenvalue weighted by molar-refractivity contribution is 7.98. The summed E-state index contributed by atoms with van der Waals surface area (Å²) in [4.78, 5) is 29.2. The topological polar surface area (TPSA) is 127 Å². The number of nitro groups is 1. The van der Waals surface area contributed by atoms with E-state index >= 15 is 0 Å². The van der Waals surface area contributed by atoms with Crippen molar-refractivity contribution in [1.29, 1.82) is 0 Å². The summed E-state index contributed by atoms with van der Waals surface area (Å²) in [6.07, 6.45) is 3.20. The molecule has 1 aromatic heterocycles. The number of nitrogens with one attached hydrogen (secondary N) is 1. The average molecular weight is 417 g/mol. The Labute approximate surface area is 170 Å². The SMILES string of the molecule is CCOC(=O)c1c(SC)nn(-c2ccccc2)c1/N=C/N1CCN/C1=N\[N+](=O)[O-]. The molecule has 0 unspecified atom stereocenters. The Balaban J connectivity index is 2.08. The van der Waals surface area contributed by atoms with Crippen LogP contribution in [0.4, 0.5) is 5.82 Å². The number of thioether (sulfide) groups is 1. The van der Waals surface area contributed by atoms with Gasteiger partial charge in [0.2, 0.25) is 0 Å². The number of carbonyl (C=O) groups is 1. The highest BCUT2D eigenvalue weighted by Gasteiger charge is 2.26. The van der Waals surface area contributed by atoms with Gasteiger partial charge in [0.05, 0.1) is 12.3 Å². The Morgan fingerprint density at radius 3 is 2.86 bits per heavy atom. The van der Waals surface area contributed by atoms with Crippen LogP contribution in [0, 0.1) is 10.1 Å². The van der Waals surface area contributed by atoms with E-state index in [-0.39, 0.29) is 23.9 Å². The fourth-order valence-electron chi connectivity index (χ4n) is 2.69. The molecule has 0 radical (unpaired) electrons. The van der Waals surface area contributed by atoms with Crippen molar-refractivity contribution in [3.8, 4) is 5.69 Å². The van der Waals surface area contributed by atoms with Gasteiger partial charge in [0.15, 0.2) is 10.9 Å². The monoisotopic (exact) mass is 417 g/mol. The van der Waals surface area contributed by atoms with Crippen molar-refractivity contribution in [2.24, 2.45) is 10.1 Å². The molecule has 1 aromatic carbocycles. The van der Waals surface area contributed by atoms with Gasteiger partial charge < -0.3 is 10.1 Å². The minimum Gasteiger partial charge on any atom is -0.462 e. The molecule has 11 nitrogen and oxygen atoms in total. The van der Waals surface area contributed by atoms with Crippen LogP contribution in [0.5, 0.6) is 0 Å². The first-order valence-electron chi connectivity index (χ1n) is 8.72. The molecule has 29 heavy (non-hydrogen) atoms. The number of para-hydroxylation sites is 1. The minimum atomic E-state index is -0.779. The molecular formula is C17H19N7O4S. The number of nitrogens with zero attached hydrogens (tertiary/aromatic N) is 6. The molecule has 152 valence electrons. The van der Waals surface area contributed by atoms with Crippen LogP contribution in [0.1, 0.15) is 17.3 Å². The molecule has 12 heteroatoms. The second-order valence-electron chi connectivity index (χ2n) is 5.70. The number of ether oxygens (including phenoxy) is 1. The summed E-state index contributed by atoms with van der Waals surface area (Å²) in [7, 11) is 0. The van der Waals surface area contributed by atoms with Gasteiger partial charge in [-0.3, -0.25) is 4.90 Å². The first-order chi connectivity index (χ1) is 14.0. The van der Waals surface area contributed by atoms with E-state index in [1.165, 1.54) is 23.0 Å². The van der Waals surface area contributed by atoms with Gasteiger partial charge in [-0.05, 0) is 25.3 Å². The Bertz CT molecular complexity index is 958. The standard InChI is InChI=1S/C17H19N7O4S/c1-3-28-16(25)13-14(19-11-22-10-9-18-17(22)21-24(26)27)23(20-15(13)29-2)12-7-5-4-6-8-12/h4-8,11H,3,9-10H2,1-2H3,(H,18,21)/b19-11+. The number of aliphatic imine (C=N–C) groups is 1. The zero-order chi connectivity index (χ0) is 20.8. The van der Waals surface area contributed by atoms with Crippen LogP contribution in [-0.4, -0.2) is 63.9 Å². The number of rotatable bonds is 7. The normalized spacial score (nSPS) is 15.1. The molecule has 1 aliphatic heterocycles. The summed E-state index contributed by atoms with van der Waals surface area (Å²) in [6.45, 7) is 2.86. The van der Waals surface area contributed by atoms with Crippen molar-refractivity contribution in [1.82, 2.24) is 20.0 Å². The number of esters is 1. The number of hydrogen-bond acceptors (Lipinski definition) is 7. The van der Waals surface area contributed by atoms with E-state index in [1.807, 2.05) is 30.3 Å². The molecule has 2 aromatic rings. The molecular weight excluding hydrogens is 398 g/mol. The van der Waals surface area contributed by atoms with Gasteiger partial charge in [-0.25, -0.2) is 24.6 Å². The third-order valence-corrected chi connectivity index (χ3v) is 4.58. The van der Waals surface area contributed by atoms with Crippen LogP contribution >= 0.6 is 11.8 Å². The van der Waals surface area contributed by atoms with Crippen LogP contribution in [0.25, 0.3) is 5.69 Å². The van der Waals surface area contributed by atoms with Gasteiger partial charge in [-0.1, -0.05) is 18.2 Å². The molecule has 0 atom stereocenters. The average Bonchev–Trinajstić information content (AvgIpc) is 3.30. The minimum absolute atomic E-state index is 0.0762. The third kappa shape index (κ3) is 4.54. The van der Waals surface area contributed by atoms with Gasteiger partial charge in [-0.15, -0.1) is 11.8 Å². The summed E-state index contributed by atoms with van der Waals surface area (Å²) < 4.78 is 6.73. The zero-order valence-corrected chi connectivity index (χ0v) is 16.6. The fourth-order valence-corrected chi connectivity index (χ4v) is 3.23. The van der Waals surface area contributed by atoms with E-state index in [0.717, 1.165) is 0 Å². The van der Waals surface area contributed by atoms with Crippen LogP contribution in [-0.2, 0) is 4.74 Å². The highest BCUT2D eigenvalue weighted by Crippen LogP contribution is 2.32. The van der Waals surface area contributed by atoms with E-state index in [2.05, 4.69) is 20.5 Å². The summed E-state index contributed by atoms with van der Waals surface area (Å²) in [5.41, 5.74) is 0.948. The van der Waals surface area contributed by atoms with Crippen LogP contribution in [0.3, 0.4) is 0 Å². The summed E-state index contributed by atoms with van der Waals surface area (Å²) in [5.74, 6) is -0.191. The van der Waals surface area contributed by atoms with E-state index in [1.54, 1.807) is 17.9 Å². The summed E-state index contributed by atoms with van der Waals surface area (Å²) >= 11 is 1.30. The Kier molecular flexibility index (Phi) is 6.44. The lowest BCUT2D eigenvalue weighted by atomic mass is 10.3. The maximum Gasteiger partial charge on any atom is 0.344 e. The molecule has 1 N–H and O–H groups in total. The van der Waals surface area contributed by atoms with E-state index in [0.29, 0.717) is 23.8 Å². The number of hydrazone groups is 1. The molecule has 1 fully saturated rings. The molecule has 3 rings (SSSR count). The van der Waals surface area contributed by atoms with E-state index in [4.69, 9.17) is 4.74 Å². The lowest BCUT2D eigenvalue weighted by Crippen LogP contribution is -2.29. The van der Waals surface area contributed by atoms with Gasteiger partial charge >= 0.3 is 5.97 Å². The van der Waals surface area contributed by atoms with Crippen molar-refractivity contribution in [2.75, 3.05) is 26.0 Å². The molecule has 0 bridgehead atoms. The molecule has 2 heterocycles. The number of aromatic nitrogens is 2. The number of benzene rings is 1. The highest BCUT2D eigenvalue weighted by atomic mass is 32.2. The van der Waals surface area contributed by atoms with Crippen molar-refractivity contribution < 1.29 is 14.6 Å². The maximum atomic E-state index is 12.6. The first kappa shape index (κ1) is 20.3. The van der Waals surface area contributed by atoms with Gasteiger partial charge in [0, 0.05) is 13.1 Å². The predicted molar refractivity (Wildman–Crippen MR) is 109 cm³/mol. The molecule has 0 saturated carbocycles. The van der Waals surface area contributed by atoms with Crippen molar-refractivity contribution >= 4 is 35.8 Å². The summed E-state index contributed by atoms with van der Waals surface area (Å²) in [5, 5.41) is 21.0.